The van der Waals surface area contributed by atoms with E-state index in [1.807, 2.05) is 0 Å². The van der Waals surface area contributed by atoms with Crippen LogP contribution in [-0.4, -0.2) is 29.7 Å². The van der Waals surface area contributed by atoms with Crippen molar-refractivity contribution in [2.24, 2.45) is 5.92 Å². The predicted octanol–water partition coefficient (Wildman–Crippen LogP) is 2.73. The summed E-state index contributed by atoms with van der Waals surface area (Å²) in [5.74, 6) is 1.51. The van der Waals surface area contributed by atoms with Crippen molar-refractivity contribution in [3.63, 3.8) is 0 Å². The number of nitrogens with one attached hydrogen (secondary N) is 1. The Labute approximate surface area is 108 Å². The van der Waals surface area contributed by atoms with Crippen molar-refractivity contribution in [1.29, 1.82) is 0 Å². The van der Waals surface area contributed by atoms with Gasteiger partial charge in [-0.25, -0.2) is 9.97 Å². The number of aromatic nitrogens is 2. The number of rotatable bonds is 6. The Bertz CT molecular complexity index is 360. The molecule has 1 heterocycles. The van der Waals surface area contributed by atoms with Gasteiger partial charge in [0.1, 0.15) is 17.3 Å². The second kappa shape index (κ2) is 5.80. The molecule has 0 unspecified atom stereocenters. The van der Waals surface area contributed by atoms with Gasteiger partial charge in [0, 0.05) is 13.2 Å². The molecule has 16 heavy (non-hydrogen) atoms. The minimum atomic E-state index is 0.413. The largest absolute Gasteiger partial charge is 0.379 e. The number of nitrogens with zero attached hydrogens (tertiary/aromatic N) is 2. The molecule has 0 amide bonds. The zero-order valence-corrected chi connectivity index (χ0v) is 11.1. The Kier molecular flexibility index (Phi) is 4.37. The first-order chi connectivity index (χ1) is 7.77. The van der Waals surface area contributed by atoms with E-state index in [-0.39, 0.29) is 0 Å². The van der Waals surface area contributed by atoms with E-state index in [1.165, 1.54) is 19.2 Å². The van der Waals surface area contributed by atoms with Gasteiger partial charge in [0.25, 0.3) is 0 Å². The zero-order valence-electron chi connectivity index (χ0n) is 8.75. The predicted molar refractivity (Wildman–Crippen MR) is 66.8 cm³/mol. The lowest BCUT2D eigenvalue weighted by molar-refractivity contribution is 0.134. The monoisotopic (exact) mass is 305 g/mol. The van der Waals surface area contributed by atoms with Crippen LogP contribution >= 0.6 is 27.5 Å². The van der Waals surface area contributed by atoms with Gasteiger partial charge in [-0.05, 0) is 34.7 Å². The summed E-state index contributed by atoms with van der Waals surface area (Å²) in [6.07, 6.45) is 4.07. The third-order valence-electron chi connectivity index (χ3n) is 2.34. The summed E-state index contributed by atoms with van der Waals surface area (Å²) in [6, 6.07) is 0. The van der Waals surface area contributed by atoms with Gasteiger partial charge in [-0.1, -0.05) is 11.6 Å². The van der Waals surface area contributed by atoms with E-state index in [4.69, 9.17) is 16.3 Å². The summed E-state index contributed by atoms with van der Waals surface area (Å²) >= 11 is 9.16. The van der Waals surface area contributed by atoms with Gasteiger partial charge in [0.15, 0.2) is 0 Å². The van der Waals surface area contributed by atoms with Crippen molar-refractivity contribution < 1.29 is 4.74 Å². The highest BCUT2D eigenvalue weighted by Gasteiger charge is 2.20. The molecule has 0 aliphatic heterocycles. The number of anilines is 1. The maximum atomic E-state index is 5.83. The highest BCUT2D eigenvalue weighted by molar-refractivity contribution is 9.10. The van der Waals surface area contributed by atoms with Crippen molar-refractivity contribution >= 4 is 33.3 Å². The van der Waals surface area contributed by atoms with Gasteiger partial charge in [0.05, 0.1) is 11.1 Å². The Morgan fingerprint density at radius 1 is 1.50 bits per heavy atom. The van der Waals surface area contributed by atoms with Crippen LogP contribution in [0.3, 0.4) is 0 Å². The SMILES string of the molecule is Clc1ncnc(NCCOCC2CC2)c1Br. The first-order valence-corrected chi connectivity index (χ1v) is 6.42. The third kappa shape index (κ3) is 3.57. The molecule has 88 valence electrons. The number of halogens is 2. The van der Waals surface area contributed by atoms with Crippen molar-refractivity contribution in [2.75, 3.05) is 25.1 Å². The molecule has 1 aliphatic carbocycles. The van der Waals surface area contributed by atoms with E-state index in [1.54, 1.807) is 0 Å². The Balaban J connectivity index is 1.69. The normalized spacial score (nSPS) is 15.1. The van der Waals surface area contributed by atoms with Crippen molar-refractivity contribution in [1.82, 2.24) is 9.97 Å². The fraction of sp³-hybridized carbons (Fsp3) is 0.600. The van der Waals surface area contributed by atoms with Gasteiger partial charge in [-0.3, -0.25) is 0 Å². The molecule has 1 saturated carbocycles. The lowest BCUT2D eigenvalue weighted by atomic mass is 10.5. The van der Waals surface area contributed by atoms with Crippen molar-refractivity contribution in [3.8, 4) is 0 Å². The van der Waals surface area contributed by atoms with Crippen LogP contribution in [0.1, 0.15) is 12.8 Å². The van der Waals surface area contributed by atoms with E-state index in [9.17, 15) is 0 Å². The lowest BCUT2D eigenvalue weighted by Gasteiger charge is -2.08. The van der Waals surface area contributed by atoms with Gasteiger partial charge < -0.3 is 10.1 Å². The minimum absolute atomic E-state index is 0.413. The Hall–Kier alpha value is -0.390. The molecule has 4 nitrogen and oxygen atoms in total. The summed E-state index contributed by atoms with van der Waals surface area (Å²) in [4.78, 5) is 7.93. The van der Waals surface area contributed by atoms with E-state index in [0.717, 1.165) is 19.1 Å². The Morgan fingerprint density at radius 3 is 3.06 bits per heavy atom. The molecule has 0 atom stereocenters. The summed E-state index contributed by atoms with van der Waals surface area (Å²) in [5, 5.41) is 3.55. The van der Waals surface area contributed by atoms with E-state index >= 15 is 0 Å². The van der Waals surface area contributed by atoms with Crippen LogP contribution in [0.2, 0.25) is 5.15 Å². The molecule has 2 rings (SSSR count). The second-order valence-corrected chi connectivity index (χ2v) is 4.92. The van der Waals surface area contributed by atoms with Crippen LogP contribution in [-0.2, 0) is 4.74 Å². The van der Waals surface area contributed by atoms with E-state index < -0.39 is 0 Å². The van der Waals surface area contributed by atoms with E-state index in [0.29, 0.717) is 22.1 Å². The average Bonchev–Trinajstić information content (AvgIpc) is 3.07. The van der Waals surface area contributed by atoms with Crippen LogP contribution < -0.4 is 5.32 Å². The first-order valence-electron chi connectivity index (χ1n) is 5.25. The summed E-state index contributed by atoms with van der Waals surface area (Å²) in [5.41, 5.74) is 0. The molecule has 1 aromatic heterocycles. The van der Waals surface area contributed by atoms with Gasteiger partial charge in [-0.2, -0.15) is 0 Å². The standard InChI is InChI=1S/C10H13BrClN3O/c11-8-9(12)14-6-15-10(8)13-3-4-16-5-7-1-2-7/h6-7H,1-5H2,(H,13,14,15). The van der Waals surface area contributed by atoms with Gasteiger partial charge in [0.2, 0.25) is 0 Å². The molecule has 0 saturated heterocycles. The molecular weight excluding hydrogens is 293 g/mol. The number of ether oxygens (including phenoxy) is 1. The van der Waals surface area contributed by atoms with Crippen molar-refractivity contribution in [3.05, 3.63) is 16.0 Å². The highest BCUT2D eigenvalue weighted by Crippen LogP contribution is 2.28. The van der Waals surface area contributed by atoms with E-state index in [2.05, 4.69) is 31.2 Å². The minimum Gasteiger partial charge on any atom is -0.379 e. The third-order valence-corrected chi connectivity index (χ3v) is 3.60. The molecule has 0 radical (unpaired) electrons. The molecule has 6 heteroatoms. The highest BCUT2D eigenvalue weighted by atomic mass is 79.9. The smallest absolute Gasteiger partial charge is 0.148 e. The molecule has 0 aromatic carbocycles. The second-order valence-electron chi connectivity index (χ2n) is 3.77. The summed E-state index contributed by atoms with van der Waals surface area (Å²) in [6.45, 7) is 2.29. The Morgan fingerprint density at radius 2 is 2.31 bits per heavy atom. The fourth-order valence-electron chi connectivity index (χ4n) is 1.25. The first kappa shape index (κ1) is 12.1. The average molecular weight is 307 g/mol. The van der Waals surface area contributed by atoms with Gasteiger partial charge >= 0.3 is 0 Å². The molecule has 1 N–H and O–H groups in total. The number of hydrogen-bond donors (Lipinski definition) is 1. The molecule has 1 aromatic rings. The van der Waals surface area contributed by atoms with Crippen molar-refractivity contribution in [2.45, 2.75) is 12.8 Å². The zero-order chi connectivity index (χ0) is 11.4. The van der Waals surface area contributed by atoms with Crippen LogP contribution in [0.15, 0.2) is 10.8 Å². The quantitative estimate of drug-likeness (QED) is 0.648. The molecule has 1 aliphatic rings. The maximum Gasteiger partial charge on any atom is 0.148 e. The van der Waals surface area contributed by atoms with Crippen LogP contribution in [0.25, 0.3) is 0 Å². The van der Waals surface area contributed by atoms with Crippen LogP contribution in [0.4, 0.5) is 5.82 Å². The topological polar surface area (TPSA) is 47.0 Å². The van der Waals surface area contributed by atoms with Crippen LogP contribution in [0, 0.1) is 5.92 Å². The molecule has 0 bridgehead atoms. The lowest BCUT2D eigenvalue weighted by Crippen LogP contribution is -2.12. The maximum absolute atomic E-state index is 5.83. The summed E-state index contributed by atoms with van der Waals surface area (Å²) in [7, 11) is 0. The molecule has 0 spiro atoms. The number of hydrogen-bond acceptors (Lipinski definition) is 4. The van der Waals surface area contributed by atoms with Crippen LogP contribution in [0.5, 0.6) is 0 Å². The summed E-state index contributed by atoms with van der Waals surface area (Å²) < 4.78 is 6.19. The molecule has 1 fully saturated rings. The molecular formula is C10H13BrClN3O. The van der Waals surface area contributed by atoms with Gasteiger partial charge in [-0.15, -0.1) is 0 Å². The fourth-order valence-corrected chi connectivity index (χ4v) is 1.73.